The molecule has 0 radical (unpaired) electrons. The fourth-order valence-electron chi connectivity index (χ4n) is 2.30. The average Bonchev–Trinajstić information content (AvgIpc) is 3.02. The Morgan fingerprint density at radius 1 is 1.23 bits per heavy atom. The van der Waals surface area contributed by atoms with E-state index in [1.165, 1.54) is 10.3 Å². The number of carboxylic acid groups (broad SMARTS) is 1. The molecule has 0 aliphatic heterocycles. The van der Waals surface area contributed by atoms with E-state index in [0.29, 0.717) is 13.0 Å². The number of methoxy groups -OCH3 is 1. The summed E-state index contributed by atoms with van der Waals surface area (Å²) in [5, 5.41) is 10.9. The molecule has 0 aromatic carbocycles. The van der Waals surface area contributed by atoms with Crippen molar-refractivity contribution in [2.45, 2.75) is 77.8 Å². The highest BCUT2D eigenvalue weighted by molar-refractivity contribution is 7.14. The zero-order valence-electron chi connectivity index (χ0n) is 19.6. The van der Waals surface area contributed by atoms with Crippen LogP contribution in [0.1, 0.15) is 58.5 Å². The van der Waals surface area contributed by atoms with E-state index in [0.717, 1.165) is 11.3 Å². The molecule has 1 aromatic heterocycles. The van der Waals surface area contributed by atoms with Crippen LogP contribution in [0.25, 0.3) is 0 Å². The molecule has 172 valence electrons. The van der Waals surface area contributed by atoms with Gasteiger partial charge < -0.3 is 19.0 Å². The first kappa shape index (κ1) is 26.5. The van der Waals surface area contributed by atoms with E-state index in [2.05, 4.69) is 38.8 Å². The van der Waals surface area contributed by atoms with Gasteiger partial charge in [-0.05, 0) is 45.3 Å². The SMILES string of the molecule is COCC(CCN(C(=O)OC(C)(C)C)c1nc(C(=O)O)cs1)O[Si](C)(C)C(C)(C)C. The first-order valence-electron chi connectivity index (χ1n) is 9.93. The van der Waals surface area contributed by atoms with Crippen LogP contribution in [0.4, 0.5) is 9.93 Å². The molecule has 1 aromatic rings. The van der Waals surface area contributed by atoms with Crippen LogP contribution in [-0.2, 0) is 13.9 Å². The van der Waals surface area contributed by atoms with E-state index in [4.69, 9.17) is 13.9 Å². The Bertz CT molecular complexity index is 724. The van der Waals surface area contributed by atoms with Crippen molar-refractivity contribution in [1.82, 2.24) is 4.98 Å². The monoisotopic (exact) mass is 460 g/mol. The van der Waals surface area contributed by atoms with Crippen molar-refractivity contribution >= 4 is 36.8 Å². The molecule has 1 unspecified atom stereocenters. The molecule has 1 atom stereocenters. The summed E-state index contributed by atoms with van der Waals surface area (Å²) in [6.45, 7) is 16.8. The van der Waals surface area contributed by atoms with Gasteiger partial charge in [0, 0.05) is 19.0 Å². The zero-order valence-corrected chi connectivity index (χ0v) is 21.4. The molecule has 0 bridgehead atoms. The van der Waals surface area contributed by atoms with E-state index in [1.807, 2.05) is 0 Å². The minimum absolute atomic E-state index is 0.0372. The lowest BCUT2D eigenvalue weighted by Crippen LogP contribution is -2.46. The Kier molecular flexibility index (Phi) is 9.03. The first-order valence-corrected chi connectivity index (χ1v) is 13.7. The second-order valence-corrected chi connectivity index (χ2v) is 15.3. The van der Waals surface area contributed by atoms with Crippen LogP contribution in [0.5, 0.6) is 0 Å². The van der Waals surface area contributed by atoms with E-state index in [-0.39, 0.29) is 28.5 Å². The molecule has 8 nitrogen and oxygen atoms in total. The number of anilines is 1. The Labute approximate surface area is 184 Å². The van der Waals surface area contributed by atoms with Crippen molar-refractivity contribution in [3.63, 3.8) is 0 Å². The topological polar surface area (TPSA) is 98.2 Å². The van der Waals surface area contributed by atoms with Crippen molar-refractivity contribution in [3.05, 3.63) is 11.1 Å². The van der Waals surface area contributed by atoms with Crippen LogP contribution in [0.2, 0.25) is 18.1 Å². The van der Waals surface area contributed by atoms with Gasteiger partial charge >= 0.3 is 12.1 Å². The molecule has 1 heterocycles. The number of carboxylic acids is 1. The number of hydrogen-bond acceptors (Lipinski definition) is 7. The average molecular weight is 461 g/mol. The summed E-state index contributed by atoms with van der Waals surface area (Å²) in [5.41, 5.74) is -0.791. The largest absolute Gasteiger partial charge is 0.476 e. The van der Waals surface area contributed by atoms with Gasteiger partial charge in [-0.1, -0.05) is 20.8 Å². The van der Waals surface area contributed by atoms with Gasteiger partial charge in [0.05, 0.1) is 12.7 Å². The van der Waals surface area contributed by atoms with E-state index < -0.39 is 26.0 Å². The van der Waals surface area contributed by atoms with Crippen LogP contribution < -0.4 is 4.90 Å². The minimum Gasteiger partial charge on any atom is -0.476 e. The van der Waals surface area contributed by atoms with Gasteiger partial charge in [0.1, 0.15) is 5.60 Å². The van der Waals surface area contributed by atoms with Gasteiger partial charge in [-0.3, -0.25) is 4.90 Å². The lowest BCUT2D eigenvalue weighted by molar-refractivity contribution is 0.0538. The summed E-state index contributed by atoms with van der Waals surface area (Å²) in [6.07, 6.45) is -0.279. The van der Waals surface area contributed by atoms with Crippen molar-refractivity contribution in [1.29, 1.82) is 0 Å². The van der Waals surface area contributed by atoms with Gasteiger partial charge in [-0.2, -0.15) is 0 Å². The fraction of sp³-hybridized carbons (Fsp3) is 0.750. The van der Waals surface area contributed by atoms with Crippen molar-refractivity contribution in [2.75, 3.05) is 25.2 Å². The Balaban J connectivity index is 3.05. The smallest absolute Gasteiger partial charge is 0.416 e. The van der Waals surface area contributed by atoms with Crippen molar-refractivity contribution in [2.24, 2.45) is 0 Å². The predicted octanol–water partition coefficient (Wildman–Crippen LogP) is 5.01. The molecule has 30 heavy (non-hydrogen) atoms. The fourth-order valence-corrected chi connectivity index (χ4v) is 4.48. The maximum atomic E-state index is 12.8. The van der Waals surface area contributed by atoms with Crippen LogP contribution in [-0.4, -0.2) is 62.4 Å². The minimum atomic E-state index is -2.04. The second-order valence-electron chi connectivity index (χ2n) is 9.70. The third kappa shape index (κ3) is 7.97. The molecule has 0 fully saturated rings. The van der Waals surface area contributed by atoms with Crippen molar-refractivity contribution in [3.8, 4) is 0 Å². The summed E-state index contributed by atoms with van der Waals surface area (Å²) >= 11 is 1.09. The van der Waals surface area contributed by atoms with Crippen LogP contribution >= 0.6 is 11.3 Å². The van der Waals surface area contributed by atoms with Crippen LogP contribution in [0, 0.1) is 0 Å². The molecule has 0 saturated carbocycles. The van der Waals surface area contributed by atoms with Gasteiger partial charge in [0.2, 0.25) is 0 Å². The number of carbonyl (C=O) groups excluding carboxylic acids is 1. The number of amides is 1. The third-order valence-corrected chi connectivity index (χ3v) is 10.2. The number of carbonyl (C=O) groups is 2. The maximum absolute atomic E-state index is 12.8. The molecule has 0 spiro atoms. The third-order valence-electron chi connectivity index (χ3n) is 4.85. The molecular formula is C20H36N2O6SSi. The van der Waals surface area contributed by atoms with E-state index in [9.17, 15) is 14.7 Å². The number of rotatable bonds is 9. The van der Waals surface area contributed by atoms with E-state index in [1.54, 1.807) is 27.9 Å². The number of nitrogens with zero attached hydrogens (tertiary/aromatic N) is 2. The zero-order chi connectivity index (χ0) is 23.3. The Morgan fingerprint density at radius 3 is 2.27 bits per heavy atom. The van der Waals surface area contributed by atoms with Gasteiger partial charge in [0.25, 0.3) is 0 Å². The van der Waals surface area contributed by atoms with Crippen LogP contribution in [0.15, 0.2) is 5.38 Å². The highest BCUT2D eigenvalue weighted by Gasteiger charge is 2.39. The first-order chi connectivity index (χ1) is 13.6. The highest BCUT2D eigenvalue weighted by Crippen LogP contribution is 2.37. The number of thiazole rings is 1. The standard InChI is InChI=1S/C20H36N2O6SSi/c1-19(2,3)27-18(25)22(17-21-15(13-29-17)16(23)24)11-10-14(12-26-7)28-30(8,9)20(4,5)6/h13-14H,10-12H2,1-9H3,(H,23,24). The molecule has 1 N–H and O–H groups in total. The quantitative estimate of drug-likeness (QED) is 0.517. The second kappa shape index (κ2) is 10.2. The van der Waals surface area contributed by atoms with Gasteiger partial charge in [0.15, 0.2) is 19.1 Å². The molecule has 0 aliphatic carbocycles. The van der Waals surface area contributed by atoms with Crippen molar-refractivity contribution < 1.29 is 28.6 Å². The molecule has 0 saturated heterocycles. The number of ether oxygens (including phenoxy) is 2. The maximum Gasteiger partial charge on any atom is 0.416 e. The van der Waals surface area contributed by atoms with Crippen LogP contribution in [0.3, 0.4) is 0 Å². The Morgan fingerprint density at radius 2 is 1.83 bits per heavy atom. The predicted molar refractivity (Wildman–Crippen MR) is 121 cm³/mol. The summed E-state index contributed by atoms with van der Waals surface area (Å²) in [6, 6.07) is 0. The molecule has 0 aliphatic rings. The summed E-state index contributed by atoms with van der Waals surface area (Å²) in [7, 11) is -0.419. The number of aromatic nitrogens is 1. The molecule has 10 heteroatoms. The number of hydrogen-bond donors (Lipinski definition) is 1. The lowest BCUT2D eigenvalue weighted by Gasteiger charge is -2.39. The Hall–Kier alpha value is -1.49. The summed E-state index contributed by atoms with van der Waals surface area (Å²) < 4.78 is 17.3. The molecule has 1 rings (SSSR count). The number of aromatic carboxylic acids is 1. The molecule has 1 amide bonds. The van der Waals surface area contributed by atoms with Gasteiger partial charge in [-0.25, -0.2) is 14.6 Å². The lowest BCUT2D eigenvalue weighted by atomic mass is 10.2. The highest BCUT2D eigenvalue weighted by atomic mass is 32.1. The summed E-state index contributed by atoms with van der Waals surface area (Å²) in [4.78, 5) is 29.5. The normalized spacial score (nSPS) is 13.8. The van der Waals surface area contributed by atoms with Gasteiger partial charge in [-0.15, -0.1) is 11.3 Å². The molecular weight excluding hydrogens is 424 g/mol. The summed E-state index contributed by atoms with van der Waals surface area (Å²) in [5.74, 6) is -1.14. The van der Waals surface area contributed by atoms with E-state index >= 15 is 0 Å².